The lowest BCUT2D eigenvalue weighted by atomic mass is 9.80. The molecular weight excluding hydrogens is 412 g/mol. The largest absolute Gasteiger partial charge is 0.343 e. The molecule has 1 N–H and O–H groups in total. The molecule has 1 saturated heterocycles. The topological polar surface area (TPSA) is 59.3 Å². The van der Waals surface area contributed by atoms with E-state index in [-0.39, 0.29) is 23.3 Å². The van der Waals surface area contributed by atoms with E-state index in [0.717, 1.165) is 37.9 Å². The molecule has 33 heavy (non-hydrogen) atoms. The molecule has 5 rings (SSSR count). The van der Waals surface area contributed by atoms with Gasteiger partial charge in [-0.25, -0.2) is 0 Å². The van der Waals surface area contributed by atoms with Gasteiger partial charge in [0.15, 0.2) is 0 Å². The van der Waals surface area contributed by atoms with Crippen molar-refractivity contribution in [2.45, 2.75) is 44.3 Å². The number of hydrogen-bond donors (Lipinski definition) is 1. The van der Waals surface area contributed by atoms with Crippen molar-refractivity contribution in [2.24, 2.45) is 13.0 Å². The van der Waals surface area contributed by atoms with Crippen molar-refractivity contribution in [3.63, 3.8) is 0 Å². The van der Waals surface area contributed by atoms with Crippen molar-refractivity contribution in [2.75, 3.05) is 13.1 Å². The molecule has 0 unspecified atom stereocenters. The highest BCUT2D eigenvalue weighted by atomic mass is 16.2. The van der Waals surface area contributed by atoms with Crippen LogP contribution in [-0.4, -0.2) is 39.1 Å². The fourth-order valence-corrected chi connectivity index (χ4v) is 5.22. The van der Waals surface area contributed by atoms with E-state index in [1.807, 2.05) is 18.3 Å². The van der Waals surface area contributed by atoms with E-state index in [0.29, 0.717) is 19.1 Å². The van der Waals surface area contributed by atoms with Crippen LogP contribution in [0.5, 0.6) is 0 Å². The van der Waals surface area contributed by atoms with Gasteiger partial charge in [-0.1, -0.05) is 24.3 Å². The molecule has 3 aromatic rings. The van der Waals surface area contributed by atoms with Crippen molar-refractivity contribution in [1.29, 1.82) is 0 Å². The van der Waals surface area contributed by atoms with E-state index in [1.54, 1.807) is 17.7 Å². The summed E-state index contributed by atoms with van der Waals surface area (Å²) >= 11 is 0. The van der Waals surface area contributed by atoms with Crippen molar-refractivity contribution in [3.05, 3.63) is 82.9 Å². The van der Waals surface area contributed by atoms with Crippen LogP contribution in [0.3, 0.4) is 0 Å². The summed E-state index contributed by atoms with van der Waals surface area (Å²) in [5, 5.41) is 4.62. The minimum Gasteiger partial charge on any atom is -0.343 e. The van der Waals surface area contributed by atoms with Crippen LogP contribution in [0.4, 0.5) is 0 Å². The number of aromatic nitrogens is 2. The minimum atomic E-state index is -0.159. The Kier molecular flexibility index (Phi) is 5.94. The molecule has 2 atom stereocenters. The molecule has 1 amide bonds. The summed E-state index contributed by atoms with van der Waals surface area (Å²) in [7, 11) is 1.76. The minimum absolute atomic E-state index is 0.0219. The van der Waals surface area contributed by atoms with Crippen LogP contribution in [0, 0.1) is 5.92 Å². The van der Waals surface area contributed by atoms with Gasteiger partial charge >= 0.3 is 0 Å². The molecule has 1 aliphatic carbocycles. The van der Waals surface area contributed by atoms with Gasteiger partial charge in [-0.05, 0) is 55.0 Å². The lowest BCUT2D eigenvalue weighted by Gasteiger charge is -2.35. The standard InChI is InChI=1S/C27H32N4O2/c1-3-13-30-17-20(23-6-4-5-7-25(23)30)18-31(21-8-9-21)27(33)24-16-28-12-10-22(24)19-11-14-29(2)26(32)15-19/h3-7,11,14-15,17,21-22,24,28H,1,8-10,12-13,16,18H2,2H3/t22-,24+/m1/s1. The Morgan fingerprint density at radius 2 is 2.06 bits per heavy atom. The van der Waals surface area contributed by atoms with E-state index in [1.165, 1.54) is 16.5 Å². The van der Waals surface area contributed by atoms with E-state index in [4.69, 9.17) is 0 Å². The average molecular weight is 445 g/mol. The van der Waals surface area contributed by atoms with Gasteiger partial charge in [-0.15, -0.1) is 6.58 Å². The van der Waals surface area contributed by atoms with Crippen LogP contribution in [0.25, 0.3) is 10.9 Å². The number of nitrogens with zero attached hydrogens (tertiary/aromatic N) is 3. The van der Waals surface area contributed by atoms with Gasteiger partial charge in [-0.2, -0.15) is 0 Å². The number of nitrogens with one attached hydrogen (secondary N) is 1. The highest BCUT2D eigenvalue weighted by Gasteiger charge is 2.40. The fourth-order valence-electron chi connectivity index (χ4n) is 5.22. The summed E-state index contributed by atoms with van der Waals surface area (Å²) < 4.78 is 3.79. The Morgan fingerprint density at radius 1 is 1.24 bits per heavy atom. The molecule has 2 fully saturated rings. The summed E-state index contributed by atoms with van der Waals surface area (Å²) in [5.41, 5.74) is 3.32. The molecule has 2 aromatic heterocycles. The molecule has 1 aromatic carbocycles. The summed E-state index contributed by atoms with van der Waals surface area (Å²) in [6, 6.07) is 12.4. The summed E-state index contributed by atoms with van der Waals surface area (Å²) in [6.45, 7) is 6.77. The zero-order chi connectivity index (χ0) is 22.9. The second-order valence-electron chi connectivity index (χ2n) is 9.42. The molecule has 0 radical (unpaired) electrons. The third-order valence-electron chi connectivity index (χ3n) is 7.16. The number of fused-ring (bicyclic) bond motifs is 1. The maximum Gasteiger partial charge on any atom is 0.250 e. The normalized spacial score (nSPS) is 20.6. The van der Waals surface area contributed by atoms with Gasteiger partial charge < -0.3 is 19.4 Å². The molecule has 2 aliphatic rings. The van der Waals surface area contributed by atoms with E-state index >= 15 is 0 Å². The number of carbonyl (C=O) groups is 1. The van der Waals surface area contributed by atoms with Crippen molar-refractivity contribution >= 4 is 16.8 Å². The lowest BCUT2D eigenvalue weighted by Crippen LogP contribution is -2.47. The quantitative estimate of drug-likeness (QED) is 0.568. The number of benzene rings is 1. The number of aryl methyl sites for hydroxylation is 1. The molecule has 3 heterocycles. The molecule has 0 spiro atoms. The first-order chi connectivity index (χ1) is 16.1. The number of rotatable bonds is 7. The predicted octanol–water partition coefficient (Wildman–Crippen LogP) is 3.41. The van der Waals surface area contributed by atoms with Crippen LogP contribution >= 0.6 is 0 Å². The third kappa shape index (κ3) is 4.27. The maximum absolute atomic E-state index is 14.0. The molecule has 172 valence electrons. The Morgan fingerprint density at radius 3 is 2.82 bits per heavy atom. The van der Waals surface area contributed by atoms with Crippen molar-refractivity contribution in [3.8, 4) is 0 Å². The third-order valence-corrected chi connectivity index (χ3v) is 7.16. The van der Waals surface area contributed by atoms with Crippen LogP contribution < -0.4 is 10.9 Å². The van der Waals surface area contributed by atoms with Crippen LogP contribution in [0.1, 0.15) is 36.3 Å². The number of amides is 1. The number of para-hydroxylation sites is 1. The van der Waals surface area contributed by atoms with Gasteiger partial charge in [-0.3, -0.25) is 9.59 Å². The number of hydrogen-bond acceptors (Lipinski definition) is 3. The Labute approximate surface area is 194 Å². The van der Waals surface area contributed by atoms with Crippen molar-refractivity contribution in [1.82, 2.24) is 19.4 Å². The van der Waals surface area contributed by atoms with Crippen molar-refractivity contribution < 1.29 is 4.79 Å². The summed E-state index contributed by atoms with van der Waals surface area (Å²) in [6.07, 6.45) is 8.88. The van der Waals surface area contributed by atoms with E-state index < -0.39 is 0 Å². The van der Waals surface area contributed by atoms with Gasteiger partial charge in [0.05, 0.1) is 5.92 Å². The second-order valence-corrected chi connectivity index (χ2v) is 9.42. The van der Waals surface area contributed by atoms with Gasteiger partial charge in [0.25, 0.3) is 5.56 Å². The molecular formula is C27H32N4O2. The number of piperidine rings is 1. The Hall–Kier alpha value is -3.12. The molecule has 0 bridgehead atoms. The van der Waals surface area contributed by atoms with Gasteiger partial charge in [0, 0.05) is 62.1 Å². The van der Waals surface area contributed by atoms with E-state index in [2.05, 4.69) is 51.8 Å². The second kappa shape index (κ2) is 9.02. The summed E-state index contributed by atoms with van der Waals surface area (Å²) in [4.78, 5) is 28.3. The smallest absolute Gasteiger partial charge is 0.250 e. The molecule has 1 aliphatic heterocycles. The number of allylic oxidation sites excluding steroid dienone is 1. The molecule has 6 heteroatoms. The SMILES string of the molecule is C=CCn1cc(CN(C(=O)[C@H]2CNCC[C@@H]2c2ccn(C)c(=O)c2)C2CC2)c2ccccc21. The maximum atomic E-state index is 14.0. The van der Waals surface area contributed by atoms with Crippen LogP contribution in [0.15, 0.2) is 66.2 Å². The highest BCUT2D eigenvalue weighted by molar-refractivity contribution is 5.85. The first kappa shape index (κ1) is 21.7. The first-order valence-corrected chi connectivity index (χ1v) is 11.9. The monoisotopic (exact) mass is 444 g/mol. The zero-order valence-corrected chi connectivity index (χ0v) is 19.2. The van der Waals surface area contributed by atoms with Crippen LogP contribution in [-0.2, 0) is 24.9 Å². The van der Waals surface area contributed by atoms with Gasteiger partial charge in [0.2, 0.25) is 5.91 Å². The Bertz CT molecular complexity index is 1240. The Balaban J connectivity index is 1.45. The lowest BCUT2D eigenvalue weighted by molar-refractivity contribution is -0.138. The van der Waals surface area contributed by atoms with E-state index in [9.17, 15) is 9.59 Å². The molecule has 1 saturated carbocycles. The van der Waals surface area contributed by atoms with Gasteiger partial charge in [0.1, 0.15) is 0 Å². The average Bonchev–Trinajstić information content (AvgIpc) is 3.62. The number of pyridine rings is 1. The first-order valence-electron chi connectivity index (χ1n) is 11.9. The fraction of sp³-hybridized carbons (Fsp3) is 0.407. The predicted molar refractivity (Wildman–Crippen MR) is 131 cm³/mol. The highest BCUT2D eigenvalue weighted by Crippen LogP contribution is 2.36. The summed E-state index contributed by atoms with van der Waals surface area (Å²) in [5.74, 6) is 0.111. The zero-order valence-electron chi connectivity index (χ0n) is 19.2. The molecule has 6 nitrogen and oxygen atoms in total. The van der Waals surface area contributed by atoms with Crippen LogP contribution in [0.2, 0.25) is 0 Å². The number of carbonyl (C=O) groups excluding carboxylic acids is 1.